The summed E-state index contributed by atoms with van der Waals surface area (Å²) in [6.45, 7) is 3.36. The minimum Gasteiger partial charge on any atom is -0.451 e. The normalized spacial score (nSPS) is 23.3. The lowest BCUT2D eigenvalue weighted by molar-refractivity contribution is 0.117. The summed E-state index contributed by atoms with van der Waals surface area (Å²) in [5, 5.41) is 8.23. The lowest BCUT2D eigenvalue weighted by Gasteiger charge is -2.39. The standard InChI is InChI=1S/C21H30N4O4S/c26-30(27,25-12-8-18(9-13-25)24-10-4-1-5-11-24)19-14-17(15-28-19)21-23-22-20(29-21)16-6-2-3-7-16/h14-16,18H,1-13H2. The number of nitrogens with zero attached hydrogens (tertiary/aromatic N) is 4. The molecule has 0 radical (unpaired) electrons. The second kappa shape index (κ2) is 8.43. The fourth-order valence-corrected chi connectivity index (χ4v) is 6.50. The highest BCUT2D eigenvalue weighted by atomic mass is 32.2. The van der Waals surface area contributed by atoms with Gasteiger partial charge in [-0.15, -0.1) is 10.2 Å². The van der Waals surface area contributed by atoms with Gasteiger partial charge in [-0.25, -0.2) is 8.42 Å². The van der Waals surface area contributed by atoms with Crippen LogP contribution in [-0.4, -0.2) is 60.0 Å². The predicted molar refractivity (Wildman–Crippen MR) is 110 cm³/mol. The first-order valence-corrected chi connectivity index (χ1v) is 12.7. The number of hydrogen-bond donors (Lipinski definition) is 0. The van der Waals surface area contributed by atoms with E-state index in [0.29, 0.717) is 42.4 Å². The van der Waals surface area contributed by atoms with Gasteiger partial charge in [-0.3, -0.25) is 0 Å². The molecule has 8 nitrogen and oxygen atoms in total. The Hall–Kier alpha value is -1.71. The van der Waals surface area contributed by atoms with Gasteiger partial charge in [0.25, 0.3) is 15.9 Å². The summed E-state index contributed by atoms with van der Waals surface area (Å²) < 4.78 is 39.0. The monoisotopic (exact) mass is 434 g/mol. The van der Waals surface area contributed by atoms with Crippen molar-refractivity contribution in [3.8, 4) is 11.5 Å². The van der Waals surface area contributed by atoms with Crippen molar-refractivity contribution in [3.05, 3.63) is 18.2 Å². The fourth-order valence-electron chi connectivity index (χ4n) is 5.11. The summed E-state index contributed by atoms with van der Waals surface area (Å²) in [6.07, 6.45) is 11.5. The van der Waals surface area contributed by atoms with E-state index < -0.39 is 10.0 Å². The second-order valence-corrected chi connectivity index (χ2v) is 10.7. The number of rotatable bonds is 5. The molecule has 2 aromatic rings. The average molecular weight is 435 g/mol. The maximum Gasteiger partial charge on any atom is 0.276 e. The molecule has 30 heavy (non-hydrogen) atoms. The molecule has 2 saturated heterocycles. The molecule has 2 aromatic heterocycles. The molecule has 0 amide bonds. The van der Waals surface area contributed by atoms with Crippen molar-refractivity contribution in [3.63, 3.8) is 0 Å². The van der Waals surface area contributed by atoms with Gasteiger partial charge in [-0.2, -0.15) is 4.31 Å². The van der Waals surface area contributed by atoms with Gasteiger partial charge in [-0.1, -0.05) is 19.3 Å². The maximum atomic E-state index is 13.1. The number of likely N-dealkylation sites (tertiary alicyclic amines) is 1. The molecule has 0 N–H and O–H groups in total. The maximum absolute atomic E-state index is 13.1. The van der Waals surface area contributed by atoms with Crippen molar-refractivity contribution in [2.75, 3.05) is 26.2 Å². The third-order valence-electron chi connectivity index (χ3n) is 6.89. The van der Waals surface area contributed by atoms with Crippen LogP contribution in [0.25, 0.3) is 11.5 Å². The van der Waals surface area contributed by atoms with Crippen LogP contribution in [0.5, 0.6) is 0 Å². The Labute approximate surface area is 177 Å². The van der Waals surface area contributed by atoms with E-state index in [-0.39, 0.29) is 5.09 Å². The minimum absolute atomic E-state index is 0.0467. The van der Waals surface area contributed by atoms with Crippen molar-refractivity contribution < 1.29 is 17.3 Å². The average Bonchev–Trinajstić information content (AvgIpc) is 3.55. The van der Waals surface area contributed by atoms with E-state index in [2.05, 4.69) is 15.1 Å². The lowest BCUT2D eigenvalue weighted by atomic mass is 10.0. The summed E-state index contributed by atoms with van der Waals surface area (Å²) in [5.74, 6) is 1.29. The lowest BCUT2D eigenvalue weighted by Crippen LogP contribution is -2.48. The molecule has 1 saturated carbocycles. The van der Waals surface area contributed by atoms with Crippen molar-refractivity contribution >= 4 is 10.0 Å². The Morgan fingerprint density at radius 3 is 2.37 bits per heavy atom. The smallest absolute Gasteiger partial charge is 0.276 e. The van der Waals surface area contributed by atoms with E-state index in [9.17, 15) is 8.42 Å². The Kier molecular flexibility index (Phi) is 5.68. The van der Waals surface area contributed by atoms with E-state index in [0.717, 1.165) is 38.8 Å². The van der Waals surface area contributed by atoms with E-state index in [1.807, 2.05) is 0 Å². The molecule has 164 valence electrons. The predicted octanol–water partition coefficient (Wildman–Crippen LogP) is 3.63. The van der Waals surface area contributed by atoms with Crippen molar-refractivity contribution in [2.24, 2.45) is 0 Å². The molecule has 4 heterocycles. The Morgan fingerprint density at radius 2 is 1.63 bits per heavy atom. The third-order valence-corrected chi connectivity index (χ3v) is 8.66. The molecular weight excluding hydrogens is 404 g/mol. The van der Waals surface area contributed by atoms with Gasteiger partial charge in [0.05, 0.1) is 5.56 Å². The Morgan fingerprint density at radius 1 is 0.900 bits per heavy atom. The molecule has 0 bridgehead atoms. The first-order chi connectivity index (χ1) is 14.6. The van der Waals surface area contributed by atoms with Crippen LogP contribution in [0.1, 0.15) is 69.6 Å². The number of furan rings is 1. The van der Waals surface area contributed by atoms with E-state index in [1.54, 1.807) is 4.31 Å². The number of piperidine rings is 2. The second-order valence-electron chi connectivity index (χ2n) is 8.81. The zero-order valence-corrected chi connectivity index (χ0v) is 18.1. The summed E-state index contributed by atoms with van der Waals surface area (Å²) in [5.41, 5.74) is 0.522. The van der Waals surface area contributed by atoms with Crippen molar-refractivity contribution in [2.45, 2.75) is 74.8 Å². The van der Waals surface area contributed by atoms with Gasteiger partial charge in [-0.05, 0) is 51.6 Å². The van der Waals surface area contributed by atoms with Gasteiger partial charge in [0.1, 0.15) is 6.26 Å². The molecule has 0 spiro atoms. The summed E-state index contributed by atoms with van der Waals surface area (Å²) >= 11 is 0. The van der Waals surface area contributed by atoms with Crippen LogP contribution in [0.2, 0.25) is 0 Å². The van der Waals surface area contributed by atoms with E-state index in [1.165, 1.54) is 44.4 Å². The minimum atomic E-state index is -3.65. The number of hydrogen-bond acceptors (Lipinski definition) is 7. The van der Waals surface area contributed by atoms with Crippen LogP contribution in [0.15, 0.2) is 26.3 Å². The van der Waals surface area contributed by atoms with Crippen molar-refractivity contribution in [1.82, 2.24) is 19.4 Å². The van der Waals surface area contributed by atoms with Gasteiger partial charge in [0.15, 0.2) is 0 Å². The van der Waals surface area contributed by atoms with Crippen LogP contribution >= 0.6 is 0 Å². The zero-order valence-electron chi connectivity index (χ0n) is 17.3. The Balaban J connectivity index is 1.25. The highest BCUT2D eigenvalue weighted by Crippen LogP contribution is 2.35. The number of aromatic nitrogens is 2. The van der Waals surface area contributed by atoms with Crippen molar-refractivity contribution in [1.29, 1.82) is 0 Å². The first-order valence-electron chi connectivity index (χ1n) is 11.3. The molecule has 0 unspecified atom stereocenters. The van der Waals surface area contributed by atoms with Crippen LogP contribution in [0, 0.1) is 0 Å². The highest BCUT2D eigenvalue weighted by Gasteiger charge is 2.34. The molecule has 1 aliphatic carbocycles. The van der Waals surface area contributed by atoms with Gasteiger partial charge in [0.2, 0.25) is 11.0 Å². The molecule has 9 heteroatoms. The van der Waals surface area contributed by atoms with E-state index in [4.69, 9.17) is 8.83 Å². The Bertz CT molecular complexity index is 949. The van der Waals surface area contributed by atoms with Crippen LogP contribution < -0.4 is 0 Å². The highest BCUT2D eigenvalue weighted by molar-refractivity contribution is 7.89. The van der Waals surface area contributed by atoms with E-state index >= 15 is 0 Å². The van der Waals surface area contributed by atoms with Gasteiger partial charge < -0.3 is 13.7 Å². The summed E-state index contributed by atoms with van der Waals surface area (Å²) in [4.78, 5) is 2.54. The number of sulfonamides is 1. The molecule has 2 aliphatic heterocycles. The molecule has 3 fully saturated rings. The van der Waals surface area contributed by atoms with Gasteiger partial charge >= 0.3 is 0 Å². The fraction of sp³-hybridized carbons (Fsp3) is 0.714. The molecule has 0 atom stereocenters. The zero-order chi connectivity index (χ0) is 20.6. The largest absolute Gasteiger partial charge is 0.451 e. The summed E-state index contributed by atoms with van der Waals surface area (Å²) in [7, 11) is -3.65. The molecule has 5 rings (SSSR count). The topological polar surface area (TPSA) is 92.7 Å². The first kappa shape index (κ1) is 20.2. The van der Waals surface area contributed by atoms with Crippen LogP contribution in [0.3, 0.4) is 0 Å². The quantitative estimate of drug-likeness (QED) is 0.709. The van der Waals surface area contributed by atoms with Crippen LogP contribution in [-0.2, 0) is 10.0 Å². The van der Waals surface area contributed by atoms with Crippen LogP contribution in [0.4, 0.5) is 0 Å². The van der Waals surface area contributed by atoms with Gasteiger partial charge in [0, 0.05) is 31.1 Å². The SMILES string of the molecule is O=S(=O)(c1cc(-c2nnc(C3CCCC3)o2)co1)N1CCC(N2CCCCC2)CC1. The third kappa shape index (κ3) is 3.94. The summed E-state index contributed by atoms with van der Waals surface area (Å²) in [6, 6.07) is 2.01. The molecular formula is C21H30N4O4S. The molecule has 3 aliphatic rings. The molecule has 0 aromatic carbocycles.